The molecular formula is C21H16ClN3O3S. The molecule has 6 nitrogen and oxygen atoms in total. The van der Waals surface area contributed by atoms with Gasteiger partial charge in [-0.25, -0.2) is 4.68 Å². The fourth-order valence-electron chi connectivity index (χ4n) is 2.88. The summed E-state index contributed by atoms with van der Waals surface area (Å²) >= 11 is 6.86. The Morgan fingerprint density at radius 2 is 1.86 bits per heavy atom. The number of thioether (sulfide) groups is 1. The Kier molecular flexibility index (Phi) is 5.42. The van der Waals surface area contributed by atoms with Crippen LogP contribution in [0.25, 0.3) is 23.0 Å². The first kappa shape index (κ1) is 19.3. The molecule has 2 aromatic carbocycles. The molecule has 29 heavy (non-hydrogen) atoms. The minimum Gasteiger partial charge on any atom is -0.494 e. The van der Waals surface area contributed by atoms with E-state index in [0.29, 0.717) is 22.2 Å². The summed E-state index contributed by atoms with van der Waals surface area (Å²) < 4.78 is 7.22. The molecule has 1 fully saturated rings. The standard InChI is InChI=1S/C21H16ClN3O3S/c1-2-28-17-9-3-13(4-10-17)19-14(11-18-20(26)23-21(27)29-18)12-25(24-19)16-7-5-15(22)6-8-16/h3-12H,2H2,1H3,(H,23,26,27)/b18-11-. The third kappa shape index (κ3) is 4.21. The number of carbonyl (C=O) groups is 2. The highest BCUT2D eigenvalue weighted by Gasteiger charge is 2.26. The highest BCUT2D eigenvalue weighted by molar-refractivity contribution is 8.18. The molecule has 1 N–H and O–H groups in total. The zero-order valence-corrected chi connectivity index (χ0v) is 17.0. The Balaban J connectivity index is 1.79. The predicted octanol–water partition coefficient (Wildman–Crippen LogP) is 4.92. The minimum atomic E-state index is -0.406. The van der Waals surface area contributed by atoms with Crippen LogP contribution in [-0.2, 0) is 4.79 Å². The van der Waals surface area contributed by atoms with Gasteiger partial charge in [0.2, 0.25) is 0 Å². The lowest BCUT2D eigenvalue weighted by Gasteiger charge is -2.04. The second-order valence-corrected chi connectivity index (χ2v) is 7.61. The van der Waals surface area contributed by atoms with Crippen LogP contribution in [0.3, 0.4) is 0 Å². The molecular weight excluding hydrogens is 410 g/mol. The van der Waals surface area contributed by atoms with Gasteiger partial charge in [0.05, 0.1) is 22.9 Å². The van der Waals surface area contributed by atoms with Crippen LogP contribution >= 0.6 is 23.4 Å². The third-order valence-corrected chi connectivity index (χ3v) is 5.26. The van der Waals surface area contributed by atoms with Gasteiger partial charge in [-0.3, -0.25) is 14.9 Å². The van der Waals surface area contributed by atoms with Gasteiger partial charge < -0.3 is 4.74 Å². The topological polar surface area (TPSA) is 73.2 Å². The first-order chi connectivity index (χ1) is 14.0. The lowest BCUT2D eigenvalue weighted by Crippen LogP contribution is -2.17. The summed E-state index contributed by atoms with van der Waals surface area (Å²) in [6.45, 7) is 2.51. The van der Waals surface area contributed by atoms with E-state index in [1.165, 1.54) is 0 Å². The lowest BCUT2D eigenvalue weighted by molar-refractivity contribution is -0.115. The van der Waals surface area contributed by atoms with Gasteiger partial charge in [-0.2, -0.15) is 5.10 Å². The SMILES string of the molecule is CCOc1ccc(-c2nn(-c3ccc(Cl)cc3)cc2/C=C2\SC(=O)NC2=O)cc1. The minimum absolute atomic E-state index is 0.331. The van der Waals surface area contributed by atoms with E-state index in [-0.39, 0.29) is 5.24 Å². The highest BCUT2D eigenvalue weighted by Crippen LogP contribution is 2.31. The van der Waals surface area contributed by atoms with E-state index in [1.54, 1.807) is 22.9 Å². The Hall–Kier alpha value is -3.03. The van der Waals surface area contributed by atoms with Crippen molar-refractivity contribution in [2.24, 2.45) is 0 Å². The number of imide groups is 1. The van der Waals surface area contributed by atoms with Gasteiger partial charge >= 0.3 is 0 Å². The van der Waals surface area contributed by atoms with Crippen molar-refractivity contribution < 1.29 is 14.3 Å². The van der Waals surface area contributed by atoms with E-state index in [9.17, 15) is 9.59 Å². The van der Waals surface area contributed by atoms with Crippen LogP contribution in [0.15, 0.2) is 59.6 Å². The van der Waals surface area contributed by atoms with Crippen molar-refractivity contribution in [3.05, 3.63) is 70.2 Å². The number of hydrogen-bond donors (Lipinski definition) is 1. The zero-order chi connectivity index (χ0) is 20.4. The smallest absolute Gasteiger partial charge is 0.290 e. The monoisotopic (exact) mass is 425 g/mol. The van der Waals surface area contributed by atoms with Gasteiger partial charge in [0, 0.05) is 22.3 Å². The Morgan fingerprint density at radius 1 is 1.14 bits per heavy atom. The van der Waals surface area contributed by atoms with Gasteiger partial charge in [-0.1, -0.05) is 11.6 Å². The van der Waals surface area contributed by atoms with Crippen molar-refractivity contribution in [2.45, 2.75) is 6.92 Å². The summed E-state index contributed by atoms with van der Waals surface area (Å²) in [7, 11) is 0. The van der Waals surface area contributed by atoms with Crippen molar-refractivity contribution >= 4 is 40.6 Å². The molecule has 0 atom stereocenters. The number of rotatable bonds is 5. The number of hydrogen-bond acceptors (Lipinski definition) is 5. The van der Waals surface area contributed by atoms with Crippen LogP contribution in [0.2, 0.25) is 5.02 Å². The number of halogens is 1. The van der Waals surface area contributed by atoms with Crippen LogP contribution in [0, 0.1) is 0 Å². The Morgan fingerprint density at radius 3 is 2.48 bits per heavy atom. The second-order valence-electron chi connectivity index (χ2n) is 6.16. The summed E-state index contributed by atoms with van der Waals surface area (Å²) in [6, 6.07) is 14.8. The van der Waals surface area contributed by atoms with Crippen LogP contribution < -0.4 is 10.1 Å². The Labute approximate surface area is 176 Å². The lowest BCUT2D eigenvalue weighted by atomic mass is 10.1. The predicted molar refractivity (Wildman–Crippen MR) is 114 cm³/mol. The average Bonchev–Trinajstić information content (AvgIpc) is 3.26. The van der Waals surface area contributed by atoms with E-state index in [1.807, 2.05) is 49.5 Å². The van der Waals surface area contributed by atoms with Crippen LogP contribution in [0.5, 0.6) is 5.75 Å². The molecule has 0 aliphatic carbocycles. The van der Waals surface area contributed by atoms with Crippen molar-refractivity contribution in [3.63, 3.8) is 0 Å². The largest absolute Gasteiger partial charge is 0.494 e. The van der Waals surface area contributed by atoms with Gasteiger partial charge in [0.15, 0.2) is 0 Å². The van der Waals surface area contributed by atoms with Gasteiger partial charge in [-0.05, 0) is 73.3 Å². The van der Waals surface area contributed by atoms with Crippen molar-refractivity contribution in [2.75, 3.05) is 6.61 Å². The first-order valence-corrected chi connectivity index (χ1v) is 10.1. The van der Waals surface area contributed by atoms with Crippen molar-refractivity contribution in [3.8, 4) is 22.7 Å². The first-order valence-electron chi connectivity index (χ1n) is 8.87. The molecule has 0 unspecified atom stereocenters. The van der Waals surface area contributed by atoms with Crippen molar-refractivity contribution in [1.29, 1.82) is 0 Å². The molecule has 3 aromatic rings. The van der Waals surface area contributed by atoms with E-state index < -0.39 is 5.91 Å². The van der Waals surface area contributed by atoms with E-state index >= 15 is 0 Å². The number of aromatic nitrogens is 2. The van der Waals surface area contributed by atoms with E-state index in [2.05, 4.69) is 5.32 Å². The number of carbonyl (C=O) groups excluding carboxylic acids is 2. The quantitative estimate of drug-likeness (QED) is 0.587. The Bertz CT molecular complexity index is 1110. The molecule has 146 valence electrons. The summed E-state index contributed by atoms with van der Waals surface area (Å²) in [5.74, 6) is 0.362. The molecule has 2 heterocycles. The maximum atomic E-state index is 12.0. The third-order valence-electron chi connectivity index (χ3n) is 4.20. The number of nitrogens with zero attached hydrogens (tertiary/aromatic N) is 2. The molecule has 0 radical (unpaired) electrons. The summed E-state index contributed by atoms with van der Waals surface area (Å²) in [4.78, 5) is 23.8. The molecule has 0 spiro atoms. The summed E-state index contributed by atoms with van der Waals surface area (Å²) in [5, 5.41) is 7.23. The highest BCUT2D eigenvalue weighted by atomic mass is 35.5. The van der Waals surface area contributed by atoms with Crippen LogP contribution in [-0.4, -0.2) is 27.5 Å². The van der Waals surface area contributed by atoms with E-state index in [0.717, 1.165) is 34.3 Å². The number of benzene rings is 2. The van der Waals surface area contributed by atoms with Gasteiger partial charge in [0.25, 0.3) is 11.1 Å². The summed E-state index contributed by atoms with van der Waals surface area (Å²) in [5.41, 5.74) is 3.09. The van der Waals surface area contributed by atoms with Gasteiger partial charge in [0.1, 0.15) is 5.75 Å². The molecule has 8 heteroatoms. The number of amides is 2. The molecule has 4 rings (SSSR count). The molecule has 2 amide bonds. The molecule has 0 saturated carbocycles. The maximum absolute atomic E-state index is 12.0. The van der Waals surface area contributed by atoms with Crippen LogP contribution in [0.1, 0.15) is 12.5 Å². The summed E-state index contributed by atoms with van der Waals surface area (Å²) in [6.07, 6.45) is 3.49. The van der Waals surface area contributed by atoms with E-state index in [4.69, 9.17) is 21.4 Å². The normalized spacial score (nSPS) is 15.0. The molecule has 0 bridgehead atoms. The maximum Gasteiger partial charge on any atom is 0.290 e. The number of ether oxygens (including phenoxy) is 1. The number of nitrogens with one attached hydrogen (secondary N) is 1. The molecule has 1 aromatic heterocycles. The molecule has 1 aliphatic rings. The van der Waals surface area contributed by atoms with Crippen LogP contribution in [0.4, 0.5) is 4.79 Å². The van der Waals surface area contributed by atoms with Crippen molar-refractivity contribution in [1.82, 2.24) is 15.1 Å². The molecule has 1 aliphatic heterocycles. The fraction of sp³-hybridized carbons (Fsp3) is 0.0952. The molecule has 1 saturated heterocycles. The zero-order valence-electron chi connectivity index (χ0n) is 15.4. The fourth-order valence-corrected chi connectivity index (χ4v) is 3.68. The second kappa shape index (κ2) is 8.14. The van der Waals surface area contributed by atoms with Gasteiger partial charge in [-0.15, -0.1) is 0 Å². The average molecular weight is 426 g/mol.